The van der Waals surface area contributed by atoms with Crippen molar-refractivity contribution in [1.29, 1.82) is 0 Å². The molecule has 0 aliphatic carbocycles. The van der Waals surface area contributed by atoms with Crippen LogP contribution < -0.4 is 0 Å². The predicted octanol–water partition coefficient (Wildman–Crippen LogP) is 11.7. The summed E-state index contributed by atoms with van der Waals surface area (Å²) in [6.45, 7) is 0. The molecule has 48 heavy (non-hydrogen) atoms. The van der Waals surface area contributed by atoms with E-state index in [9.17, 15) is 0 Å². The summed E-state index contributed by atoms with van der Waals surface area (Å²) in [4.78, 5) is 14.7. The molecule has 0 fully saturated rings. The average Bonchev–Trinajstić information content (AvgIpc) is 3.21. The summed E-state index contributed by atoms with van der Waals surface area (Å²) in [5, 5.41) is 6.32. The number of nitrogens with zero attached hydrogens (tertiary/aromatic N) is 3. The third-order valence-electron chi connectivity index (χ3n) is 8.79. The van der Waals surface area contributed by atoms with Gasteiger partial charge in [0.05, 0.1) is 6.85 Å². The lowest BCUT2D eigenvalue weighted by Crippen LogP contribution is -2.01. The van der Waals surface area contributed by atoms with Crippen molar-refractivity contribution in [2.45, 2.75) is 0 Å². The van der Waals surface area contributed by atoms with Gasteiger partial charge in [0.1, 0.15) is 0 Å². The Balaban J connectivity index is 1.26. The molecule has 0 spiro atoms. The number of aromatic nitrogens is 3. The first-order valence-corrected chi connectivity index (χ1v) is 15.8. The molecule has 0 bridgehead atoms. The van der Waals surface area contributed by atoms with Gasteiger partial charge in [0.2, 0.25) is 0 Å². The van der Waals surface area contributed by atoms with E-state index in [1.54, 1.807) is 0 Å². The van der Waals surface area contributed by atoms with Gasteiger partial charge in [-0.3, -0.25) is 0 Å². The highest BCUT2D eigenvalue weighted by atomic mass is 15.0. The highest BCUT2D eigenvalue weighted by Gasteiger charge is 2.17. The van der Waals surface area contributed by atoms with Gasteiger partial charge in [-0.15, -0.1) is 0 Å². The van der Waals surface area contributed by atoms with E-state index in [0.29, 0.717) is 17.2 Å². The van der Waals surface area contributed by atoms with Crippen LogP contribution in [0, 0.1) is 0 Å². The Morgan fingerprint density at radius 3 is 1.73 bits per heavy atom. The van der Waals surface area contributed by atoms with Gasteiger partial charge in [0.25, 0.3) is 0 Å². The summed E-state index contributed by atoms with van der Waals surface area (Å²) in [6.07, 6.45) is 0. The lowest BCUT2D eigenvalue weighted by atomic mass is 9.94. The zero-order chi connectivity index (χ0) is 36.2. The fourth-order valence-corrected chi connectivity index (χ4v) is 6.51. The van der Waals surface area contributed by atoms with Crippen molar-refractivity contribution in [3.8, 4) is 56.4 Å². The van der Waals surface area contributed by atoms with Crippen LogP contribution in [0.15, 0.2) is 176 Å². The topological polar surface area (TPSA) is 38.7 Å². The zero-order valence-corrected chi connectivity index (χ0v) is 25.7. The zero-order valence-electron chi connectivity index (χ0n) is 30.7. The van der Waals surface area contributed by atoms with Crippen LogP contribution in [0.5, 0.6) is 0 Å². The lowest BCUT2D eigenvalue weighted by molar-refractivity contribution is 1.08. The summed E-state index contributed by atoms with van der Waals surface area (Å²) in [5.41, 5.74) is 5.66. The van der Waals surface area contributed by atoms with E-state index in [-0.39, 0.29) is 23.5 Å². The molecule has 0 atom stereocenters. The van der Waals surface area contributed by atoms with Crippen molar-refractivity contribution in [3.63, 3.8) is 0 Å². The number of benzene rings is 8. The van der Waals surface area contributed by atoms with Gasteiger partial charge < -0.3 is 0 Å². The van der Waals surface area contributed by atoms with E-state index >= 15 is 0 Å². The first-order chi connectivity index (χ1) is 25.9. The Morgan fingerprint density at radius 1 is 0.354 bits per heavy atom. The Labute approximate surface area is 285 Å². The first kappa shape index (κ1) is 23.0. The maximum absolute atomic E-state index is 8.78. The second kappa shape index (κ2) is 11.7. The standard InChI is InChI=1S/C45H29N3/c1-3-12-31(13-4-1)40-22-10-18-32-19-11-23-41(42(32)40)45-47-43(33-15-5-2-6-16-33)46-44(48-45)37-27-25-34-28-36(26-24-35(34)29-37)39-21-9-17-30-14-7-8-20-38(30)39/h1-29H/i2D,5D,6D,15D,16D. The van der Waals surface area contributed by atoms with Crippen molar-refractivity contribution < 1.29 is 6.85 Å². The predicted molar refractivity (Wildman–Crippen MR) is 200 cm³/mol. The van der Waals surface area contributed by atoms with Crippen molar-refractivity contribution in [2.24, 2.45) is 0 Å². The summed E-state index contributed by atoms with van der Waals surface area (Å²) in [5.74, 6) is 0.658. The van der Waals surface area contributed by atoms with E-state index in [2.05, 4.69) is 72.8 Å². The van der Waals surface area contributed by atoms with Crippen LogP contribution in [0.25, 0.3) is 88.7 Å². The average molecular weight is 617 g/mol. The minimum atomic E-state index is -0.475. The number of hydrogen-bond donors (Lipinski definition) is 0. The number of fused-ring (bicyclic) bond motifs is 3. The second-order valence-electron chi connectivity index (χ2n) is 11.7. The van der Waals surface area contributed by atoms with Crippen LogP contribution in [0.1, 0.15) is 6.85 Å². The second-order valence-corrected chi connectivity index (χ2v) is 11.7. The number of rotatable bonds is 5. The maximum atomic E-state index is 8.78. The third-order valence-corrected chi connectivity index (χ3v) is 8.79. The van der Waals surface area contributed by atoms with Crippen LogP contribution in [0.3, 0.4) is 0 Å². The van der Waals surface area contributed by atoms with Gasteiger partial charge in [0, 0.05) is 22.1 Å². The Kier molecular flexibility index (Phi) is 5.61. The highest BCUT2D eigenvalue weighted by molar-refractivity contribution is 6.06. The molecule has 0 amide bonds. The SMILES string of the molecule is [2H]c1c([2H])c([2H])c(-c2nc(-c3ccc4cc(-c5cccc6ccccc56)ccc4c3)nc(-c3cccc4cccc(-c5ccccc5)c34)n2)c([2H])c1[2H]. The molecule has 9 aromatic rings. The van der Waals surface area contributed by atoms with Crippen molar-refractivity contribution in [3.05, 3.63) is 176 Å². The van der Waals surface area contributed by atoms with Crippen LogP contribution in [0.2, 0.25) is 0 Å². The Morgan fingerprint density at radius 2 is 0.938 bits per heavy atom. The Hall–Kier alpha value is -6.45. The molecule has 0 radical (unpaired) electrons. The molecular formula is C45H29N3. The molecule has 224 valence electrons. The van der Waals surface area contributed by atoms with E-state index < -0.39 is 18.1 Å². The molecule has 3 nitrogen and oxygen atoms in total. The molecule has 0 saturated carbocycles. The van der Waals surface area contributed by atoms with Gasteiger partial charge in [-0.25, -0.2) is 15.0 Å². The van der Waals surface area contributed by atoms with E-state index in [4.69, 9.17) is 21.8 Å². The van der Waals surface area contributed by atoms with Crippen molar-refractivity contribution in [2.75, 3.05) is 0 Å². The molecule has 1 aromatic heterocycles. The van der Waals surface area contributed by atoms with Crippen LogP contribution in [0.4, 0.5) is 0 Å². The minimum absolute atomic E-state index is 0.00240. The van der Waals surface area contributed by atoms with Gasteiger partial charge in [-0.2, -0.15) is 0 Å². The van der Waals surface area contributed by atoms with Crippen LogP contribution in [-0.2, 0) is 0 Å². The van der Waals surface area contributed by atoms with Crippen molar-refractivity contribution >= 4 is 32.3 Å². The smallest absolute Gasteiger partial charge is 0.164 e. The summed E-state index contributed by atoms with van der Waals surface area (Å²) < 4.78 is 42.5. The molecular weight excluding hydrogens is 583 g/mol. The molecule has 0 saturated heterocycles. The molecule has 0 N–H and O–H groups in total. The molecule has 9 rings (SSSR count). The molecule has 1 heterocycles. The maximum Gasteiger partial charge on any atom is 0.164 e. The van der Waals surface area contributed by atoms with E-state index in [1.807, 2.05) is 72.8 Å². The number of hydrogen-bond acceptors (Lipinski definition) is 3. The molecule has 0 aliphatic rings. The summed E-state index contributed by atoms with van der Waals surface area (Å²) in [7, 11) is 0. The normalized spacial score (nSPS) is 12.8. The lowest BCUT2D eigenvalue weighted by Gasteiger charge is -2.14. The van der Waals surface area contributed by atoms with Crippen LogP contribution >= 0.6 is 0 Å². The fourth-order valence-electron chi connectivity index (χ4n) is 6.51. The molecule has 0 aliphatic heterocycles. The van der Waals surface area contributed by atoms with E-state index in [1.165, 1.54) is 10.8 Å². The summed E-state index contributed by atoms with van der Waals surface area (Å²) in [6, 6.07) is 47.1. The van der Waals surface area contributed by atoms with Crippen LogP contribution in [-0.4, -0.2) is 15.0 Å². The van der Waals surface area contributed by atoms with Gasteiger partial charge in [-0.05, 0) is 61.3 Å². The van der Waals surface area contributed by atoms with Crippen molar-refractivity contribution in [1.82, 2.24) is 15.0 Å². The summed E-state index contributed by atoms with van der Waals surface area (Å²) >= 11 is 0. The van der Waals surface area contributed by atoms with Gasteiger partial charge >= 0.3 is 0 Å². The van der Waals surface area contributed by atoms with Gasteiger partial charge in [-0.1, -0.05) is 164 Å². The highest BCUT2D eigenvalue weighted by Crippen LogP contribution is 2.37. The molecule has 0 unspecified atom stereocenters. The Bertz CT molecular complexity index is 2870. The van der Waals surface area contributed by atoms with E-state index in [0.717, 1.165) is 49.4 Å². The van der Waals surface area contributed by atoms with Gasteiger partial charge in [0.15, 0.2) is 17.5 Å². The minimum Gasteiger partial charge on any atom is -0.208 e. The monoisotopic (exact) mass is 616 g/mol. The molecule has 8 aromatic carbocycles. The first-order valence-electron chi connectivity index (χ1n) is 18.3. The largest absolute Gasteiger partial charge is 0.208 e. The molecule has 3 heteroatoms. The third kappa shape index (κ3) is 4.99. The quantitative estimate of drug-likeness (QED) is 0.193. The fraction of sp³-hybridized carbons (Fsp3) is 0.